The van der Waals surface area contributed by atoms with Crippen LogP contribution >= 0.6 is 0 Å². The van der Waals surface area contributed by atoms with Crippen molar-refractivity contribution in [2.45, 2.75) is 70.6 Å². The molecule has 1 aromatic heterocycles. The van der Waals surface area contributed by atoms with Gasteiger partial charge in [-0.1, -0.05) is 25.8 Å². The van der Waals surface area contributed by atoms with E-state index < -0.39 is 0 Å². The van der Waals surface area contributed by atoms with Gasteiger partial charge in [-0.05, 0) is 43.9 Å². The Balaban J connectivity index is 1.52. The van der Waals surface area contributed by atoms with Gasteiger partial charge in [-0.3, -0.25) is 9.88 Å². The fraction of sp³-hybridized carbons (Fsp3) is 0.706. The molecular weight excluding hydrogens is 246 g/mol. The van der Waals surface area contributed by atoms with Crippen LogP contribution in [-0.4, -0.2) is 28.5 Å². The Kier molecular flexibility index (Phi) is 4.69. The third kappa shape index (κ3) is 3.80. The van der Waals surface area contributed by atoms with Crippen LogP contribution in [0, 0.1) is 0 Å². The van der Waals surface area contributed by atoms with Crippen molar-refractivity contribution in [3.63, 3.8) is 0 Å². The number of rotatable bonds is 7. The third-order valence-corrected chi connectivity index (χ3v) is 4.67. The first-order chi connectivity index (χ1) is 9.85. The molecule has 0 aromatic carbocycles. The van der Waals surface area contributed by atoms with E-state index in [-0.39, 0.29) is 0 Å². The molecule has 2 aliphatic rings. The zero-order chi connectivity index (χ0) is 13.8. The Bertz CT molecular complexity index is 405. The smallest absolute Gasteiger partial charge is 0.0544 e. The molecule has 0 spiro atoms. The molecule has 0 radical (unpaired) electrons. The molecule has 2 aliphatic carbocycles. The number of hydrogen-bond donors (Lipinski definition) is 1. The normalized spacial score (nSPS) is 19.9. The molecule has 1 aromatic rings. The number of nitrogens with one attached hydrogen (secondary N) is 1. The lowest BCUT2D eigenvalue weighted by Crippen LogP contribution is -2.32. The first-order valence-electron chi connectivity index (χ1n) is 8.26. The van der Waals surface area contributed by atoms with Gasteiger partial charge in [-0.15, -0.1) is 0 Å². The molecule has 20 heavy (non-hydrogen) atoms. The van der Waals surface area contributed by atoms with Crippen LogP contribution in [0.2, 0.25) is 0 Å². The lowest BCUT2D eigenvalue weighted by Gasteiger charge is -2.27. The summed E-state index contributed by atoms with van der Waals surface area (Å²) < 4.78 is 0. The van der Waals surface area contributed by atoms with Crippen LogP contribution in [0.25, 0.3) is 0 Å². The number of pyridine rings is 1. The largest absolute Gasteiger partial charge is 0.310 e. The quantitative estimate of drug-likeness (QED) is 0.827. The summed E-state index contributed by atoms with van der Waals surface area (Å²) in [6, 6.07) is 6.01. The molecule has 3 nitrogen and oxygen atoms in total. The summed E-state index contributed by atoms with van der Waals surface area (Å²) in [6.45, 7) is 5.39. The summed E-state index contributed by atoms with van der Waals surface area (Å²) >= 11 is 0. The average Bonchev–Trinajstić information content (AvgIpc) is 3.16. The van der Waals surface area contributed by atoms with Gasteiger partial charge in [0.25, 0.3) is 0 Å². The van der Waals surface area contributed by atoms with E-state index >= 15 is 0 Å². The summed E-state index contributed by atoms with van der Waals surface area (Å²) in [7, 11) is 0. The standard InChI is InChI=1S/C17H27N3/c1-2-20(17-5-3-4-6-17)13-16-8-7-14(12-19-16)11-18-15-9-10-15/h7-8,12,15,17-18H,2-6,9-11,13H2,1H3. The Labute approximate surface area is 122 Å². The van der Waals surface area contributed by atoms with Crippen molar-refractivity contribution in [1.82, 2.24) is 15.2 Å². The van der Waals surface area contributed by atoms with E-state index in [4.69, 9.17) is 0 Å². The Hall–Kier alpha value is -0.930. The molecule has 110 valence electrons. The van der Waals surface area contributed by atoms with Crippen molar-refractivity contribution in [1.29, 1.82) is 0 Å². The van der Waals surface area contributed by atoms with Gasteiger partial charge in [0, 0.05) is 31.4 Å². The molecule has 0 aliphatic heterocycles. The SMILES string of the molecule is CCN(Cc1ccc(CNC2CC2)cn1)C1CCCC1. The maximum atomic E-state index is 4.65. The molecule has 1 heterocycles. The maximum absolute atomic E-state index is 4.65. The summed E-state index contributed by atoms with van der Waals surface area (Å²) in [5.74, 6) is 0. The lowest BCUT2D eigenvalue weighted by atomic mass is 10.2. The van der Waals surface area contributed by atoms with Crippen molar-refractivity contribution in [2.24, 2.45) is 0 Å². The van der Waals surface area contributed by atoms with Gasteiger partial charge in [0.05, 0.1) is 5.69 Å². The highest BCUT2D eigenvalue weighted by molar-refractivity contribution is 5.14. The molecule has 0 saturated heterocycles. The van der Waals surface area contributed by atoms with Crippen molar-refractivity contribution in [3.8, 4) is 0 Å². The molecule has 2 fully saturated rings. The second kappa shape index (κ2) is 6.68. The van der Waals surface area contributed by atoms with Crippen molar-refractivity contribution >= 4 is 0 Å². The van der Waals surface area contributed by atoms with E-state index in [1.807, 2.05) is 6.20 Å². The average molecular weight is 273 g/mol. The Morgan fingerprint density at radius 1 is 1.20 bits per heavy atom. The van der Waals surface area contributed by atoms with E-state index in [1.165, 1.54) is 49.8 Å². The minimum absolute atomic E-state index is 0.771. The van der Waals surface area contributed by atoms with Gasteiger partial charge in [0.15, 0.2) is 0 Å². The second-order valence-electron chi connectivity index (χ2n) is 6.31. The van der Waals surface area contributed by atoms with Crippen LogP contribution in [0.15, 0.2) is 18.3 Å². The van der Waals surface area contributed by atoms with Crippen LogP contribution in [0.1, 0.15) is 56.7 Å². The summed E-state index contributed by atoms with van der Waals surface area (Å²) in [6.07, 6.45) is 10.3. The molecule has 3 heteroatoms. The van der Waals surface area contributed by atoms with E-state index in [0.717, 1.165) is 31.7 Å². The molecule has 2 saturated carbocycles. The molecular formula is C17H27N3. The third-order valence-electron chi connectivity index (χ3n) is 4.67. The predicted molar refractivity (Wildman–Crippen MR) is 82.4 cm³/mol. The van der Waals surface area contributed by atoms with Crippen LogP contribution in [0.3, 0.4) is 0 Å². The van der Waals surface area contributed by atoms with E-state index in [0.29, 0.717) is 0 Å². The number of aromatic nitrogens is 1. The highest BCUT2D eigenvalue weighted by atomic mass is 15.2. The number of hydrogen-bond acceptors (Lipinski definition) is 3. The number of nitrogens with zero attached hydrogens (tertiary/aromatic N) is 2. The van der Waals surface area contributed by atoms with Crippen LogP contribution < -0.4 is 5.32 Å². The first kappa shape index (κ1) is 14.0. The highest BCUT2D eigenvalue weighted by Crippen LogP contribution is 2.24. The zero-order valence-corrected chi connectivity index (χ0v) is 12.6. The van der Waals surface area contributed by atoms with Crippen molar-refractivity contribution in [2.75, 3.05) is 6.54 Å². The van der Waals surface area contributed by atoms with E-state index in [1.54, 1.807) is 0 Å². The molecule has 0 atom stereocenters. The fourth-order valence-electron chi connectivity index (χ4n) is 3.18. The molecule has 3 rings (SSSR count). The summed E-state index contributed by atoms with van der Waals surface area (Å²) in [4.78, 5) is 7.25. The van der Waals surface area contributed by atoms with Crippen LogP contribution in [0.5, 0.6) is 0 Å². The minimum atomic E-state index is 0.771. The Morgan fingerprint density at radius 2 is 2.00 bits per heavy atom. The minimum Gasteiger partial charge on any atom is -0.310 e. The van der Waals surface area contributed by atoms with Crippen LogP contribution in [0.4, 0.5) is 0 Å². The van der Waals surface area contributed by atoms with Gasteiger partial charge >= 0.3 is 0 Å². The highest BCUT2D eigenvalue weighted by Gasteiger charge is 2.22. The van der Waals surface area contributed by atoms with Gasteiger partial charge in [0.2, 0.25) is 0 Å². The second-order valence-corrected chi connectivity index (χ2v) is 6.31. The monoisotopic (exact) mass is 273 g/mol. The predicted octanol–water partition coefficient (Wildman–Crippen LogP) is 3.10. The summed E-state index contributed by atoms with van der Waals surface area (Å²) in [5, 5.41) is 3.54. The van der Waals surface area contributed by atoms with Crippen molar-refractivity contribution in [3.05, 3.63) is 29.6 Å². The molecule has 1 N–H and O–H groups in total. The van der Waals surface area contributed by atoms with Gasteiger partial charge in [-0.25, -0.2) is 0 Å². The summed E-state index contributed by atoms with van der Waals surface area (Å²) in [5.41, 5.74) is 2.53. The first-order valence-corrected chi connectivity index (χ1v) is 8.26. The van der Waals surface area contributed by atoms with Crippen LogP contribution in [-0.2, 0) is 13.1 Å². The maximum Gasteiger partial charge on any atom is 0.0544 e. The van der Waals surface area contributed by atoms with Gasteiger partial charge < -0.3 is 5.32 Å². The topological polar surface area (TPSA) is 28.2 Å². The Morgan fingerprint density at radius 3 is 2.60 bits per heavy atom. The molecule has 0 bridgehead atoms. The molecule has 0 amide bonds. The van der Waals surface area contributed by atoms with E-state index in [9.17, 15) is 0 Å². The zero-order valence-electron chi connectivity index (χ0n) is 12.6. The van der Waals surface area contributed by atoms with E-state index in [2.05, 4.69) is 34.3 Å². The van der Waals surface area contributed by atoms with Gasteiger partial charge in [0.1, 0.15) is 0 Å². The fourth-order valence-corrected chi connectivity index (χ4v) is 3.18. The molecule has 0 unspecified atom stereocenters. The van der Waals surface area contributed by atoms with Gasteiger partial charge in [-0.2, -0.15) is 0 Å². The van der Waals surface area contributed by atoms with Crippen molar-refractivity contribution < 1.29 is 0 Å². The lowest BCUT2D eigenvalue weighted by molar-refractivity contribution is 0.198.